The third kappa shape index (κ3) is 60.7. The van der Waals surface area contributed by atoms with Gasteiger partial charge in [0.05, 0.1) is 35.5 Å². The lowest BCUT2D eigenvalue weighted by Crippen LogP contribution is -2.28. The number of alkyl halides is 6. The van der Waals surface area contributed by atoms with E-state index in [1.54, 1.807) is 166 Å². The van der Waals surface area contributed by atoms with Gasteiger partial charge in [0.15, 0.2) is 0 Å². The van der Waals surface area contributed by atoms with E-state index in [0.29, 0.717) is 0 Å². The molecule has 0 N–H and O–H groups in total. The van der Waals surface area contributed by atoms with E-state index in [9.17, 15) is 57.5 Å². The van der Waals surface area contributed by atoms with Crippen molar-refractivity contribution in [2.24, 2.45) is 35.5 Å². The molecule has 0 heterocycles. The highest BCUT2D eigenvalue weighted by atomic mass is 79.9. The molecule has 0 aromatic rings. The molecule has 0 aliphatic carbocycles. The lowest BCUT2D eigenvalue weighted by Gasteiger charge is -2.14. The minimum absolute atomic E-state index is 0.0896. The van der Waals surface area contributed by atoms with Crippen LogP contribution < -0.4 is 0 Å². The second-order valence-electron chi connectivity index (χ2n) is 23.6. The van der Waals surface area contributed by atoms with E-state index in [0.717, 1.165) is 0 Å². The summed E-state index contributed by atoms with van der Waals surface area (Å²) in [5, 5.41) is 0. The van der Waals surface area contributed by atoms with Crippen LogP contribution in [0, 0.1) is 35.5 Å². The van der Waals surface area contributed by atoms with E-state index >= 15 is 0 Å². The Balaban J connectivity index is -0.000000235. The number of rotatable bonds is 30. The molecule has 0 unspecified atom stereocenters. The SMILES string of the molecule is CC(C)C(=O)OCCOC(=O)C(C)(C)Br.CC(C)C(=O)OCCOC(=O)C(C)(C)Br.CC(C)C(=O)OCCOC(=O)C(C)(C)Br.CC(C)C(=O)OCCOC(=O)C(C)(C)Br.CC(C)C(=O)OCCOC(=O)C(C)(C)Br.CC(C)C(=O)OCCOC(=O)C(C)(C)Br. The van der Waals surface area contributed by atoms with E-state index in [-0.39, 0.29) is 186 Å². The zero-order chi connectivity index (χ0) is 72.4. The van der Waals surface area contributed by atoms with Crippen molar-refractivity contribution in [3.05, 3.63) is 0 Å². The second kappa shape index (κ2) is 50.0. The molecule has 0 aliphatic heterocycles. The summed E-state index contributed by atoms with van der Waals surface area (Å²) in [6.07, 6.45) is 0. The van der Waals surface area contributed by atoms with E-state index in [2.05, 4.69) is 95.6 Å². The summed E-state index contributed by atoms with van der Waals surface area (Å²) < 4.78 is 54.1. The average Bonchev–Trinajstić information content (AvgIpc) is 3.42. The first-order chi connectivity index (χ1) is 40.5. The Bertz CT molecular complexity index is 1770. The summed E-state index contributed by atoms with van der Waals surface area (Å²) in [4.78, 5) is 133. The van der Waals surface area contributed by atoms with Crippen LogP contribution in [0.15, 0.2) is 0 Å². The summed E-state index contributed by atoms with van der Waals surface area (Å²) >= 11 is 19.0. The normalized spacial score (nSPS) is 11.3. The van der Waals surface area contributed by atoms with Crippen LogP contribution in [0.1, 0.15) is 166 Å². The number of halogens is 6. The van der Waals surface area contributed by atoms with Gasteiger partial charge in [-0.15, -0.1) is 0 Å². The molecule has 0 fully saturated rings. The summed E-state index contributed by atoms with van der Waals surface area (Å²) in [7, 11) is 0. The monoisotopic (exact) mass is 1680 g/mol. The number of carbonyl (C=O) groups excluding carboxylic acids is 12. The fraction of sp³-hybridized carbons (Fsp3) is 0.800. The van der Waals surface area contributed by atoms with E-state index in [4.69, 9.17) is 56.8 Å². The van der Waals surface area contributed by atoms with Gasteiger partial charge in [-0.25, -0.2) is 0 Å². The molecule has 0 aromatic carbocycles. The van der Waals surface area contributed by atoms with Crippen molar-refractivity contribution in [3.63, 3.8) is 0 Å². The molecule has 0 aliphatic rings. The minimum atomic E-state index is -0.699. The molecule has 0 saturated carbocycles. The molecule has 0 bridgehead atoms. The van der Waals surface area contributed by atoms with Gasteiger partial charge in [0.25, 0.3) is 0 Å². The topological polar surface area (TPSA) is 316 Å². The highest BCUT2D eigenvalue weighted by Crippen LogP contribution is 2.21. The zero-order valence-electron chi connectivity index (χ0n) is 57.0. The van der Waals surface area contributed by atoms with Crippen molar-refractivity contribution in [1.29, 1.82) is 0 Å². The number of hydrogen-bond acceptors (Lipinski definition) is 24. The molecule has 0 amide bonds. The molecule has 528 valence electrons. The second-order valence-corrected chi connectivity index (χ2v) is 35.5. The number of esters is 12. The maximum atomic E-state index is 11.2. The molecule has 30 heteroatoms. The van der Waals surface area contributed by atoms with E-state index in [1.807, 2.05) is 0 Å². The van der Waals surface area contributed by atoms with Gasteiger partial charge < -0.3 is 56.8 Å². The summed E-state index contributed by atoms with van der Waals surface area (Å²) in [5.41, 5.74) is 0. The maximum Gasteiger partial charge on any atom is 0.322 e. The Labute approximate surface area is 584 Å². The molecule has 0 saturated heterocycles. The molecule has 0 spiro atoms. The third-order valence-electron chi connectivity index (χ3n) is 9.11. The lowest BCUT2D eigenvalue weighted by atomic mass is 10.2. The van der Waals surface area contributed by atoms with Crippen LogP contribution in [0.5, 0.6) is 0 Å². The fourth-order valence-electron chi connectivity index (χ4n) is 3.69. The van der Waals surface area contributed by atoms with Crippen LogP contribution in [0.25, 0.3) is 0 Å². The summed E-state index contributed by atoms with van der Waals surface area (Å²) in [6, 6.07) is 0. The number of hydrogen-bond donors (Lipinski definition) is 0. The van der Waals surface area contributed by atoms with E-state index in [1.165, 1.54) is 0 Å². The predicted octanol–water partition coefficient (Wildman–Crippen LogP) is 11.4. The van der Waals surface area contributed by atoms with Gasteiger partial charge in [-0.2, -0.15) is 0 Å². The molecule has 24 nitrogen and oxygen atoms in total. The van der Waals surface area contributed by atoms with Crippen LogP contribution in [-0.4, -0.2) is 177 Å². The third-order valence-corrected chi connectivity index (χ3v) is 11.0. The van der Waals surface area contributed by atoms with Crippen LogP contribution in [0.4, 0.5) is 0 Å². The van der Waals surface area contributed by atoms with Crippen LogP contribution >= 0.6 is 95.6 Å². The van der Waals surface area contributed by atoms with Gasteiger partial charge in [-0.1, -0.05) is 179 Å². The van der Waals surface area contributed by atoms with Gasteiger partial charge in [0, 0.05) is 0 Å². The van der Waals surface area contributed by atoms with Gasteiger partial charge in [0.1, 0.15) is 105 Å². The molecule has 90 heavy (non-hydrogen) atoms. The first-order valence-corrected chi connectivity index (χ1v) is 33.4. The van der Waals surface area contributed by atoms with Crippen molar-refractivity contribution in [2.45, 2.75) is 192 Å². The highest BCUT2D eigenvalue weighted by Gasteiger charge is 2.30. The molecule has 0 radical (unpaired) electrons. The predicted molar refractivity (Wildman–Crippen MR) is 359 cm³/mol. The first-order valence-electron chi connectivity index (χ1n) is 28.7. The quantitative estimate of drug-likeness (QED) is 0.0279. The zero-order valence-corrected chi connectivity index (χ0v) is 66.5. The Hall–Kier alpha value is -3.48. The first kappa shape index (κ1) is 97.6. The average molecular weight is 1690 g/mol. The molecule has 0 aromatic heterocycles. The van der Waals surface area contributed by atoms with Gasteiger partial charge >= 0.3 is 71.6 Å². The van der Waals surface area contributed by atoms with Gasteiger partial charge in [-0.3, -0.25) is 57.5 Å². The van der Waals surface area contributed by atoms with Crippen LogP contribution in [-0.2, 0) is 114 Å². The van der Waals surface area contributed by atoms with Crippen molar-refractivity contribution in [2.75, 3.05) is 79.3 Å². The smallest absolute Gasteiger partial charge is 0.322 e. The van der Waals surface area contributed by atoms with Gasteiger partial charge in [0.2, 0.25) is 0 Å². The van der Waals surface area contributed by atoms with Crippen molar-refractivity contribution in [1.82, 2.24) is 0 Å². The summed E-state index contributed by atoms with van der Waals surface area (Å²) in [5.74, 6) is -4.91. The van der Waals surface area contributed by atoms with Crippen molar-refractivity contribution < 1.29 is 114 Å². The number of ether oxygens (including phenoxy) is 12. The molecule has 0 atom stereocenters. The fourth-order valence-corrected chi connectivity index (χ4v) is 4.38. The van der Waals surface area contributed by atoms with Crippen LogP contribution in [0.3, 0.4) is 0 Å². The molecular formula is C60H102Br6O24. The Kier molecular flexibility index (Phi) is 54.2. The lowest BCUT2D eigenvalue weighted by molar-refractivity contribution is -0.155. The highest BCUT2D eigenvalue weighted by molar-refractivity contribution is 9.11. The summed E-state index contributed by atoms with van der Waals surface area (Å²) in [6.45, 7) is 42.4. The standard InChI is InChI=1S/6C10H17BrO4/c6*1-7(2)8(12)14-5-6-15-9(13)10(3,4)11/h6*7H,5-6H2,1-4H3. The Morgan fingerprint density at radius 1 is 0.200 bits per heavy atom. The van der Waals surface area contributed by atoms with Crippen molar-refractivity contribution in [3.8, 4) is 0 Å². The molecular weight excluding hydrogens is 1580 g/mol. The van der Waals surface area contributed by atoms with Crippen LogP contribution in [0.2, 0.25) is 0 Å². The van der Waals surface area contributed by atoms with Crippen molar-refractivity contribution >= 4 is 167 Å². The molecule has 0 rings (SSSR count). The minimum Gasteiger partial charge on any atom is -0.462 e. The Morgan fingerprint density at radius 3 is 0.344 bits per heavy atom. The number of carbonyl (C=O) groups is 12. The van der Waals surface area contributed by atoms with Gasteiger partial charge in [-0.05, 0) is 83.1 Å². The largest absolute Gasteiger partial charge is 0.462 e. The Morgan fingerprint density at radius 2 is 0.278 bits per heavy atom. The maximum absolute atomic E-state index is 11.2. The van der Waals surface area contributed by atoms with E-state index < -0.39 is 25.9 Å².